The van der Waals surface area contributed by atoms with E-state index in [0.717, 1.165) is 0 Å². The van der Waals surface area contributed by atoms with Crippen LogP contribution in [0.15, 0.2) is 11.6 Å². The molecular formula is C7H12O. The zero-order chi connectivity index (χ0) is 6.57. The predicted molar refractivity (Wildman–Crippen MR) is 34.7 cm³/mol. The molecule has 8 heavy (non-hydrogen) atoms. The van der Waals surface area contributed by atoms with Gasteiger partial charge in [-0.15, -0.1) is 0 Å². The lowest BCUT2D eigenvalue weighted by atomic mass is 10.2. The van der Waals surface area contributed by atoms with Gasteiger partial charge in [0.1, 0.15) is 5.78 Å². The van der Waals surface area contributed by atoms with Crippen molar-refractivity contribution in [3.05, 3.63) is 11.6 Å². The van der Waals surface area contributed by atoms with Crippen molar-refractivity contribution in [2.24, 2.45) is 0 Å². The molecule has 1 nitrogen and oxygen atoms in total. The van der Waals surface area contributed by atoms with Crippen LogP contribution in [0.4, 0.5) is 0 Å². The topological polar surface area (TPSA) is 17.1 Å². The Morgan fingerprint density at radius 3 is 2.00 bits per heavy atom. The molecule has 0 spiro atoms. The Morgan fingerprint density at radius 2 is 1.88 bits per heavy atom. The van der Waals surface area contributed by atoms with Crippen molar-refractivity contribution in [3.8, 4) is 0 Å². The second-order valence-corrected chi connectivity index (χ2v) is 2.19. The quantitative estimate of drug-likeness (QED) is 0.499. The first kappa shape index (κ1) is 7.41. The molecule has 0 aliphatic carbocycles. The molecule has 1 heteroatoms. The summed E-state index contributed by atoms with van der Waals surface area (Å²) >= 11 is 0. The first-order valence-electron chi connectivity index (χ1n) is 2.75. The number of carbonyl (C=O) groups is 1. The Kier molecular flexibility index (Phi) is 3.16. The van der Waals surface area contributed by atoms with Crippen molar-refractivity contribution >= 4 is 5.78 Å². The number of Topliss-reactive ketones (excluding diaryl/α,β-unsaturated/α-hetero) is 1. The zero-order valence-electron chi connectivity index (χ0n) is 5.69. The first-order valence-corrected chi connectivity index (χ1v) is 2.75. The van der Waals surface area contributed by atoms with Crippen molar-refractivity contribution in [1.29, 1.82) is 0 Å². The highest BCUT2D eigenvalue weighted by atomic mass is 16.1. The van der Waals surface area contributed by atoms with Gasteiger partial charge in [-0.2, -0.15) is 0 Å². The molecule has 0 aromatic heterocycles. The number of hydrogen-bond acceptors (Lipinski definition) is 1. The summed E-state index contributed by atoms with van der Waals surface area (Å²) in [5, 5.41) is 0. The first-order chi connectivity index (χ1) is 3.63. The van der Waals surface area contributed by atoms with E-state index >= 15 is 0 Å². The molecule has 0 aliphatic heterocycles. The standard InChI is InChI=1S/C7H12O/c1-6(2)4-5-7(3)8/h4H,5H2,1-3H3. The molecule has 0 bridgehead atoms. The van der Waals surface area contributed by atoms with Crippen molar-refractivity contribution in [1.82, 2.24) is 0 Å². The fourth-order valence-electron chi connectivity index (χ4n) is 0.348. The van der Waals surface area contributed by atoms with Crippen LogP contribution in [0.25, 0.3) is 0 Å². The third kappa shape index (κ3) is 5.41. The van der Waals surface area contributed by atoms with E-state index in [-0.39, 0.29) is 5.78 Å². The van der Waals surface area contributed by atoms with Crippen LogP contribution in [0, 0.1) is 0 Å². The van der Waals surface area contributed by atoms with E-state index in [1.807, 2.05) is 19.9 Å². The van der Waals surface area contributed by atoms with Gasteiger partial charge in [-0.05, 0) is 20.8 Å². The number of allylic oxidation sites excluding steroid dienone is 2. The van der Waals surface area contributed by atoms with E-state index in [0.29, 0.717) is 6.42 Å². The summed E-state index contributed by atoms with van der Waals surface area (Å²) in [6.45, 7) is 5.57. The molecule has 0 aromatic rings. The monoisotopic (exact) mass is 112 g/mol. The van der Waals surface area contributed by atoms with Gasteiger partial charge >= 0.3 is 0 Å². The van der Waals surface area contributed by atoms with Crippen LogP contribution in [0.2, 0.25) is 0 Å². The molecule has 0 aromatic carbocycles. The van der Waals surface area contributed by atoms with Crippen molar-refractivity contribution in [2.45, 2.75) is 27.2 Å². The fourth-order valence-corrected chi connectivity index (χ4v) is 0.348. The smallest absolute Gasteiger partial charge is 0.133 e. The molecule has 0 unspecified atom stereocenters. The third-order valence-electron chi connectivity index (χ3n) is 0.798. The van der Waals surface area contributed by atoms with E-state index in [1.54, 1.807) is 6.92 Å². The average molecular weight is 112 g/mol. The maximum absolute atomic E-state index is 10.3. The van der Waals surface area contributed by atoms with E-state index in [9.17, 15) is 4.79 Å². The van der Waals surface area contributed by atoms with Gasteiger partial charge < -0.3 is 0 Å². The Balaban J connectivity index is 3.45. The molecule has 0 saturated heterocycles. The van der Waals surface area contributed by atoms with Crippen LogP contribution in [-0.2, 0) is 4.79 Å². The molecule has 0 saturated carbocycles. The lowest BCUT2D eigenvalue weighted by Crippen LogP contribution is -1.84. The normalized spacial score (nSPS) is 8.38. The highest BCUT2D eigenvalue weighted by Crippen LogP contribution is 1.92. The summed E-state index contributed by atoms with van der Waals surface area (Å²) in [5.41, 5.74) is 1.21. The Labute approximate surface area is 50.4 Å². The molecule has 0 atom stereocenters. The molecule has 0 radical (unpaired) electrons. The SMILES string of the molecule is CC(=O)CC=C(C)C. The molecule has 0 N–H and O–H groups in total. The summed E-state index contributed by atoms with van der Waals surface area (Å²) in [6.07, 6.45) is 2.52. The maximum Gasteiger partial charge on any atom is 0.133 e. The van der Waals surface area contributed by atoms with Crippen LogP contribution in [-0.4, -0.2) is 5.78 Å². The van der Waals surface area contributed by atoms with Crippen LogP contribution in [0.5, 0.6) is 0 Å². The van der Waals surface area contributed by atoms with Crippen LogP contribution < -0.4 is 0 Å². The molecule has 0 aliphatic rings. The number of hydrogen-bond donors (Lipinski definition) is 0. The molecule has 0 fully saturated rings. The third-order valence-corrected chi connectivity index (χ3v) is 0.798. The van der Waals surface area contributed by atoms with Crippen LogP contribution in [0.1, 0.15) is 27.2 Å². The lowest BCUT2D eigenvalue weighted by molar-refractivity contribution is -0.116. The Bertz CT molecular complexity index is 108. The van der Waals surface area contributed by atoms with Gasteiger partial charge in [0.25, 0.3) is 0 Å². The minimum absolute atomic E-state index is 0.228. The minimum atomic E-state index is 0.228. The number of rotatable bonds is 2. The van der Waals surface area contributed by atoms with E-state index in [1.165, 1.54) is 5.57 Å². The van der Waals surface area contributed by atoms with Crippen molar-refractivity contribution in [2.75, 3.05) is 0 Å². The van der Waals surface area contributed by atoms with E-state index in [2.05, 4.69) is 0 Å². The summed E-state index contributed by atoms with van der Waals surface area (Å²) in [5.74, 6) is 0.228. The highest BCUT2D eigenvalue weighted by molar-refractivity contribution is 5.77. The summed E-state index contributed by atoms with van der Waals surface area (Å²) < 4.78 is 0. The fraction of sp³-hybridized carbons (Fsp3) is 0.571. The average Bonchev–Trinajstić information content (AvgIpc) is 1.61. The van der Waals surface area contributed by atoms with Gasteiger partial charge in [-0.3, -0.25) is 4.79 Å². The van der Waals surface area contributed by atoms with Crippen LogP contribution >= 0.6 is 0 Å². The van der Waals surface area contributed by atoms with Crippen molar-refractivity contribution < 1.29 is 4.79 Å². The summed E-state index contributed by atoms with van der Waals surface area (Å²) in [6, 6.07) is 0. The van der Waals surface area contributed by atoms with Gasteiger partial charge in [0.2, 0.25) is 0 Å². The number of carbonyl (C=O) groups excluding carboxylic acids is 1. The Morgan fingerprint density at radius 1 is 1.38 bits per heavy atom. The Hall–Kier alpha value is -0.590. The van der Waals surface area contributed by atoms with Gasteiger partial charge in [0.05, 0.1) is 0 Å². The second-order valence-electron chi connectivity index (χ2n) is 2.19. The molecule has 46 valence electrons. The van der Waals surface area contributed by atoms with Gasteiger partial charge in [-0.25, -0.2) is 0 Å². The van der Waals surface area contributed by atoms with Crippen molar-refractivity contribution in [3.63, 3.8) is 0 Å². The maximum atomic E-state index is 10.3. The molecule has 0 amide bonds. The highest BCUT2D eigenvalue weighted by Gasteiger charge is 1.85. The van der Waals surface area contributed by atoms with Crippen LogP contribution in [0.3, 0.4) is 0 Å². The zero-order valence-corrected chi connectivity index (χ0v) is 5.69. The minimum Gasteiger partial charge on any atom is -0.300 e. The van der Waals surface area contributed by atoms with Gasteiger partial charge in [-0.1, -0.05) is 11.6 Å². The van der Waals surface area contributed by atoms with Gasteiger partial charge in [0.15, 0.2) is 0 Å². The molecule has 0 heterocycles. The van der Waals surface area contributed by atoms with Gasteiger partial charge in [0, 0.05) is 6.42 Å². The summed E-state index contributed by atoms with van der Waals surface area (Å²) in [7, 11) is 0. The molecule has 0 rings (SSSR count). The number of ketones is 1. The van der Waals surface area contributed by atoms with E-state index < -0.39 is 0 Å². The summed E-state index contributed by atoms with van der Waals surface area (Å²) in [4.78, 5) is 10.3. The predicted octanol–water partition coefficient (Wildman–Crippen LogP) is 1.93. The lowest BCUT2D eigenvalue weighted by Gasteiger charge is -1.85. The second kappa shape index (κ2) is 3.42. The van der Waals surface area contributed by atoms with E-state index in [4.69, 9.17) is 0 Å². The molecular weight excluding hydrogens is 100 g/mol. The largest absolute Gasteiger partial charge is 0.300 e.